The van der Waals surface area contributed by atoms with Gasteiger partial charge in [-0.05, 0) is 42.1 Å². The van der Waals surface area contributed by atoms with Gasteiger partial charge in [-0.1, -0.05) is 36.4 Å². The van der Waals surface area contributed by atoms with Gasteiger partial charge in [0.25, 0.3) is 10.0 Å². The van der Waals surface area contributed by atoms with Gasteiger partial charge in [0.1, 0.15) is 12.4 Å². The standard InChI is InChI=1S/C21H19FN2O3S/c1-14(15-9-11-17(22)12-10-15)23(2)20(25)13-24-18-7-3-5-16-6-4-8-19(21(16)18)28(24,26)27/h3-12,14H,13H2,1-2H3. The van der Waals surface area contributed by atoms with Crippen LogP contribution in [0.3, 0.4) is 0 Å². The average molecular weight is 398 g/mol. The molecule has 1 atom stereocenters. The van der Waals surface area contributed by atoms with Crippen LogP contribution in [0.5, 0.6) is 0 Å². The lowest BCUT2D eigenvalue weighted by atomic mass is 10.1. The van der Waals surface area contributed by atoms with Crippen molar-refractivity contribution in [1.29, 1.82) is 0 Å². The van der Waals surface area contributed by atoms with E-state index in [9.17, 15) is 17.6 Å². The quantitative estimate of drug-likeness (QED) is 0.673. The first-order valence-electron chi connectivity index (χ1n) is 8.86. The summed E-state index contributed by atoms with van der Waals surface area (Å²) in [5.41, 5.74) is 1.29. The molecule has 0 aliphatic carbocycles. The van der Waals surface area contributed by atoms with Crippen molar-refractivity contribution in [2.45, 2.75) is 17.9 Å². The molecule has 0 saturated heterocycles. The number of halogens is 1. The van der Waals surface area contributed by atoms with Crippen LogP contribution in [0.4, 0.5) is 10.1 Å². The molecular formula is C21H19FN2O3S. The molecule has 5 nitrogen and oxygen atoms in total. The molecule has 1 aliphatic heterocycles. The van der Waals surface area contributed by atoms with Crippen LogP contribution in [0.25, 0.3) is 10.8 Å². The summed E-state index contributed by atoms with van der Waals surface area (Å²) in [5, 5.41) is 1.47. The summed E-state index contributed by atoms with van der Waals surface area (Å²) < 4.78 is 40.3. The maximum atomic E-state index is 13.2. The zero-order valence-electron chi connectivity index (χ0n) is 15.5. The lowest BCUT2D eigenvalue weighted by Crippen LogP contribution is -2.40. The van der Waals surface area contributed by atoms with E-state index in [0.717, 1.165) is 10.9 Å². The highest BCUT2D eigenvalue weighted by molar-refractivity contribution is 7.93. The number of anilines is 1. The van der Waals surface area contributed by atoms with Crippen LogP contribution >= 0.6 is 0 Å². The summed E-state index contributed by atoms with van der Waals surface area (Å²) in [7, 11) is -2.17. The Balaban J connectivity index is 1.63. The van der Waals surface area contributed by atoms with Gasteiger partial charge in [0.05, 0.1) is 16.6 Å². The Kier molecular flexibility index (Phi) is 4.34. The van der Waals surface area contributed by atoms with Crippen LogP contribution in [-0.4, -0.2) is 32.8 Å². The minimum Gasteiger partial charge on any atom is -0.337 e. The number of sulfonamides is 1. The molecule has 1 heterocycles. The molecule has 0 aromatic heterocycles. The molecular weight excluding hydrogens is 379 g/mol. The number of hydrogen-bond acceptors (Lipinski definition) is 3. The Hall–Kier alpha value is -2.93. The van der Waals surface area contributed by atoms with E-state index >= 15 is 0 Å². The number of benzene rings is 3. The fraction of sp³-hybridized carbons (Fsp3) is 0.190. The molecule has 144 valence electrons. The van der Waals surface area contributed by atoms with Crippen molar-refractivity contribution in [2.75, 3.05) is 17.9 Å². The number of amides is 1. The topological polar surface area (TPSA) is 57.7 Å². The number of nitrogens with zero attached hydrogens (tertiary/aromatic N) is 2. The minimum absolute atomic E-state index is 0.225. The largest absolute Gasteiger partial charge is 0.337 e. The van der Waals surface area contributed by atoms with Gasteiger partial charge >= 0.3 is 0 Å². The molecule has 0 spiro atoms. The van der Waals surface area contributed by atoms with E-state index in [0.29, 0.717) is 11.1 Å². The van der Waals surface area contributed by atoms with Crippen molar-refractivity contribution in [3.8, 4) is 0 Å². The fourth-order valence-corrected chi connectivity index (χ4v) is 5.20. The molecule has 0 N–H and O–H groups in total. The molecule has 0 radical (unpaired) electrons. The van der Waals surface area contributed by atoms with Crippen LogP contribution in [0, 0.1) is 5.82 Å². The maximum Gasteiger partial charge on any atom is 0.265 e. The van der Waals surface area contributed by atoms with Crippen LogP contribution in [0.2, 0.25) is 0 Å². The minimum atomic E-state index is -3.79. The summed E-state index contributed by atoms with van der Waals surface area (Å²) in [6.07, 6.45) is 0. The zero-order chi connectivity index (χ0) is 20.1. The lowest BCUT2D eigenvalue weighted by Gasteiger charge is -2.28. The molecule has 28 heavy (non-hydrogen) atoms. The Bertz CT molecular complexity index is 1170. The van der Waals surface area contributed by atoms with E-state index in [-0.39, 0.29) is 29.2 Å². The first-order chi connectivity index (χ1) is 13.3. The van der Waals surface area contributed by atoms with E-state index in [1.54, 1.807) is 43.4 Å². The fourth-order valence-electron chi connectivity index (χ4n) is 3.54. The highest BCUT2D eigenvalue weighted by atomic mass is 32.2. The van der Waals surface area contributed by atoms with Crippen molar-refractivity contribution in [1.82, 2.24) is 4.90 Å². The lowest BCUT2D eigenvalue weighted by molar-refractivity contribution is -0.130. The Labute approximate surface area is 163 Å². The van der Waals surface area contributed by atoms with Gasteiger partial charge in [0.2, 0.25) is 5.91 Å². The predicted octanol–water partition coefficient (Wildman–Crippen LogP) is 3.71. The third kappa shape index (κ3) is 2.82. The number of carbonyl (C=O) groups is 1. The molecule has 3 aromatic rings. The van der Waals surface area contributed by atoms with Crippen LogP contribution in [0.1, 0.15) is 18.5 Å². The van der Waals surface area contributed by atoms with E-state index in [2.05, 4.69) is 0 Å². The highest BCUT2D eigenvalue weighted by Gasteiger charge is 2.37. The predicted molar refractivity (Wildman–Crippen MR) is 106 cm³/mol. The first-order valence-corrected chi connectivity index (χ1v) is 10.3. The monoisotopic (exact) mass is 398 g/mol. The van der Waals surface area contributed by atoms with E-state index in [1.165, 1.54) is 21.3 Å². The zero-order valence-corrected chi connectivity index (χ0v) is 16.3. The SMILES string of the molecule is CC(c1ccc(F)cc1)N(C)C(=O)CN1c2cccc3cccc(c23)S1(=O)=O. The van der Waals surface area contributed by atoms with Gasteiger partial charge in [0.15, 0.2) is 0 Å². The van der Waals surface area contributed by atoms with Crippen molar-refractivity contribution in [2.24, 2.45) is 0 Å². The number of rotatable bonds is 4. The Morgan fingerprint density at radius 1 is 1.07 bits per heavy atom. The van der Waals surface area contributed by atoms with Crippen molar-refractivity contribution < 1.29 is 17.6 Å². The number of hydrogen-bond donors (Lipinski definition) is 0. The highest BCUT2D eigenvalue weighted by Crippen LogP contribution is 2.41. The summed E-state index contributed by atoms with van der Waals surface area (Å²) in [6, 6.07) is 16.1. The summed E-state index contributed by atoms with van der Waals surface area (Å²) in [4.78, 5) is 14.6. The normalized spacial score (nSPS) is 15.6. The summed E-state index contributed by atoms with van der Waals surface area (Å²) in [5.74, 6) is -0.691. The number of carbonyl (C=O) groups excluding carboxylic acids is 1. The third-order valence-electron chi connectivity index (χ3n) is 5.29. The van der Waals surface area contributed by atoms with E-state index in [4.69, 9.17) is 0 Å². The van der Waals surface area contributed by atoms with Gasteiger partial charge in [-0.2, -0.15) is 0 Å². The van der Waals surface area contributed by atoms with Gasteiger partial charge in [-0.3, -0.25) is 9.10 Å². The Morgan fingerprint density at radius 2 is 1.71 bits per heavy atom. The second kappa shape index (κ2) is 6.60. The van der Waals surface area contributed by atoms with Gasteiger partial charge < -0.3 is 4.90 Å². The van der Waals surface area contributed by atoms with Crippen LogP contribution in [0.15, 0.2) is 65.6 Å². The molecule has 4 rings (SSSR count). The van der Waals surface area contributed by atoms with Gasteiger partial charge in [-0.15, -0.1) is 0 Å². The molecule has 7 heteroatoms. The second-order valence-corrected chi connectivity index (χ2v) is 8.71. The third-order valence-corrected chi connectivity index (χ3v) is 7.09. The molecule has 0 bridgehead atoms. The smallest absolute Gasteiger partial charge is 0.265 e. The molecule has 3 aromatic carbocycles. The molecule has 1 unspecified atom stereocenters. The van der Waals surface area contributed by atoms with Crippen molar-refractivity contribution in [3.05, 3.63) is 72.0 Å². The van der Waals surface area contributed by atoms with Gasteiger partial charge in [-0.25, -0.2) is 12.8 Å². The summed E-state index contributed by atoms with van der Waals surface area (Å²) in [6.45, 7) is 1.53. The Morgan fingerprint density at radius 3 is 2.39 bits per heavy atom. The molecule has 1 amide bonds. The van der Waals surface area contributed by atoms with Gasteiger partial charge in [0, 0.05) is 12.4 Å². The summed E-state index contributed by atoms with van der Waals surface area (Å²) >= 11 is 0. The van der Waals surface area contributed by atoms with E-state index < -0.39 is 10.0 Å². The van der Waals surface area contributed by atoms with Crippen molar-refractivity contribution in [3.63, 3.8) is 0 Å². The van der Waals surface area contributed by atoms with Crippen LogP contribution < -0.4 is 4.31 Å². The maximum absolute atomic E-state index is 13.2. The molecule has 0 fully saturated rings. The first kappa shape index (κ1) is 18.4. The second-order valence-electron chi connectivity index (χ2n) is 6.88. The van der Waals surface area contributed by atoms with Crippen LogP contribution in [-0.2, 0) is 14.8 Å². The average Bonchev–Trinajstić information content (AvgIpc) is 2.91. The van der Waals surface area contributed by atoms with E-state index in [1.807, 2.05) is 19.1 Å². The molecule has 1 aliphatic rings. The van der Waals surface area contributed by atoms with Crippen molar-refractivity contribution >= 4 is 32.4 Å². The number of likely N-dealkylation sites (N-methyl/N-ethyl adjacent to an activating group) is 1. The molecule has 0 saturated carbocycles.